The van der Waals surface area contributed by atoms with Gasteiger partial charge in [0.2, 0.25) is 6.29 Å². The summed E-state index contributed by atoms with van der Waals surface area (Å²) < 4.78 is 5.53. The maximum Gasteiger partial charge on any atom is 0.235 e. The van der Waals surface area contributed by atoms with Crippen molar-refractivity contribution < 1.29 is 14.6 Å². The monoisotopic (exact) mass is 211 g/mol. The first-order valence-electron chi connectivity index (χ1n) is 6.00. The molecule has 1 saturated carbocycles. The fraction of sp³-hybridized carbons (Fsp3) is 0.917. The zero-order chi connectivity index (χ0) is 10.7. The van der Waals surface area contributed by atoms with Crippen LogP contribution in [0.1, 0.15) is 44.9 Å². The van der Waals surface area contributed by atoms with Gasteiger partial charge in [0.15, 0.2) is 5.60 Å². The minimum absolute atomic E-state index is 0.0677. The summed E-state index contributed by atoms with van der Waals surface area (Å²) in [6.07, 6.45) is 8.53. The van der Waals surface area contributed by atoms with Crippen molar-refractivity contribution >= 4 is 6.29 Å². The lowest BCUT2D eigenvalue weighted by Crippen LogP contribution is -2.51. The highest BCUT2D eigenvalue weighted by Crippen LogP contribution is 2.38. The van der Waals surface area contributed by atoms with Crippen LogP contribution in [0, 0.1) is 5.92 Å². The van der Waals surface area contributed by atoms with Gasteiger partial charge in [-0.25, -0.2) is 0 Å². The minimum Gasteiger partial charge on any atom is -0.379 e. The first-order chi connectivity index (χ1) is 7.27. The maximum atomic E-state index is 11.1. The molecule has 3 heteroatoms. The second-order valence-electron chi connectivity index (χ2n) is 4.76. The van der Waals surface area contributed by atoms with E-state index in [-0.39, 0.29) is 12.0 Å². The van der Waals surface area contributed by atoms with Crippen molar-refractivity contribution in [3.05, 3.63) is 0 Å². The largest absolute Gasteiger partial charge is 0.379 e. The summed E-state index contributed by atoms with van der Waals surface area (Å²) >= 11 is 0. The molecule has 0 aromatic rings. The number of rotatable bonds is 3. The average molecular weight is 211 g/mol. The normalized spacial score (nSPS) is 32.5. The smallest absolute Gasteiger partial charge is 0.235 e. The number of ether oxygens (including phenoxy) is 1. The van der Waals surface area contributed by atoms with E-state index in [1.165, 1.54) is 0 Å². The highest BCUT2D eigenvalue weighted by atomic mass is 16.5. The predicted octanol–water partition coefficient (Wildman–Crippen LogP) is 1.59. The Hall–Kier alpha value is -0.410. The molecule has 0 bridgehead atoms. The van der Waals surface area contributed by atoms with E-state index in [4.69, 9.17) is 4.74 Å². The number of carbonyl (C=O) groups excluding carboxylic acids is 1. The third-order valence-corrected chi connectivity index (χ3v) is 3.81. The van der Waals surface area contributed by atoms with Crippen LogP contribution >= 0.6 is 0 Å². The zero-order valence-corrected chi connectivity index (χ0v) is 9.08. The predicted molar refractivity (Wildman–Crippen MR) is 56.2 cm³/mol. The fourth-order valence-corrected chi connectivity index (χ4v) is 2.87. The highest BCUT2D eigenvalue weighted by Gasteiger charge is 2.46. The van der Waals surface area contributed by atoms with Crippen LogP contribution in [-0.4, -0.2) is 29.7 Å². The molecular weight excluding hydrogens is 192 g/mol. The van der Waals surface area contributed by atoms with Crippen LogP contribution in [0.4, 0.5) is 0 Å². The molecule has 2 fully saturated rings. The summed E-state index contributed by atoms with van der Waals surface area (Å²) in [6, 6.07) is 0. The van der Waals surface area contributed by atoms with Gasteiger partial charge in [-0.2, -0.15) is 0 Å². The lowest BCUT2D eigenvalue weighted by atomic mass is 9.80. The molecule has 1 radical (unpaired) electrons. The minimum atomic E-state index is -1.34. The Morgan fingerprint density at radius 2 is 1.80 bits per heavy atom. The topological polar surface area (TPSA) is 46.5 Å². The lowest BCUT2D eigenvalue weighted by molar-refractivity contribution is -0.115. The van der Waals surface area contributed by atoms with Crippen molar-refractivity contribution in [2.75, 3.05) is 6.61 Å². The summed E-state index contributed by atoms with van der Waals surface area (Å²) in [5, 5.41) is 10.4. The van der Waals surface area contributed by atoms with Gasteiger partial charge in [0.1, 0.15) is 0 Å². The third kappa shape index (κ3) is 2.08. The van der Waals surface area contributed by atoms with E-state index in [0.717, 1.165) is 44.9 Å². The molecule has 85 valence electrons. The van der Waals surface area contributed by atoms with Crippen molar-refractivity contribution in [3.63, 3.8) is 0 Å². The third-order valence-electron chi connectivity index (χ3n) is 3.81. The molecule has 1 saturated heterocycles. The van der Waals surface area contributed by atoms with Gasteiger partial charge in [-0.05, 0) is 38.0 Å². The molecule has 2 atom stereocenters. The highest BCUT2D eigenvalue weighted by molar-refractivity contribution is 5.65. The Labute approximate surface area is 90.8 Å². The first kappa shape index (κ1) is 11.1. The van der Waals surface area contributed by atoms with Gasteiger partial charge in [0, 0.05) is 6.61 Å². The Bertz CT molecular complexity index is 217. The molecule has 1 heterocycles. The van der Waals surface area contributed by atoms with Gasteiger partial charge >= 0.3 is 0 Å². The Morgan fingerprint density at radius 3 is 2.33 bits per heavy atom. The second-order valence-corrected chi connectivity index (χ2v) is 4.76. The Kier molecular flexibility index (Phi) is 3.42. The molecule has 15 heavy (non-hydrogen) atoms. The maximum absolute atomic E-state index is 11.1. The van der Waals surface area contributed by atoms with E-state index in [1.807, 2.05) is 6.29 Å². The second kappa shape index (κ2) is 4.62. The lowest BCUT2D eigenvalue weighted by Gasteiger charge is -2.37. The van der Waals surface area contributed by atoms with E-state index in [0.29, 0.717) is 6.61 Å². The quantitative estimate of drug-likeness (QED) is 0.771. The van der Waals surface area contributed by atoms with Crippen LogP contribution in [0.2, 0.25) is 0 Å². The molecule has 0 aromatic carbocycles. The van der Waals surface area contributed by atoms with Crippen molar-refractivity contribution in [2.24, 2.45) is 5.92 Å². The molecule has 3 nitrogen and oxygen atoms in total. The van der Waals surface area contributed by atoms with Gasteiger partial charge in [-0.15, -0.1) is 0 Å². The standard InChI is InChI=1S/C12H19O3/c13-9-12(14,10-5-1-2-6-10)11-7-3-4-8-15-11/h10-11,14H,1-8H2. The zero-order valence-electron chi connectivity index (χ0n) is 9.08. The summed E-state index contributed by atoms with van der Waals surface area (Å²) in [6.45, 7) is 0.668. The van der Waals surface area contributed by atoms with E-state index in [1.54, 1.807) is 0 Å². The van der Waals surface area contributed by atoms with Crippen LogP contribution in [0.15, 0.2) is 0 Å². The SMILES string of the molecule is O=[C]C(O)(C1CCCC1)C1CCCCO1. The van der Waals surface area contributed by atoms with E-state index in [9.17, 15) is 9.90 Å². The van der Waals surface area contributed by atoms with E-state index in [2.05, 4.69) is 0 Å². The molecule has 1 aliphatic carbocycles. The molecule has 2 aliphatic rings. The van der Waals surface area contributed by atoms with E-state index >= 15 is 0 Å². The summed E-state index contributed by atoms with van der Waals surface area (Å²) in [4.78, 5) is 11.1. The molecule has 2 unspecified atom stereocenters. The number of hydrogen-bond acceptors (Lipinski definition) is 3. The molecule has 1 N–H and O–H groups in total. The Morgan fingerprint density at radius 1 is 1.13 bits per heavy atom. The summed E-state index contributed by atoms with van der Waals surface area (Å²) in [5.41, 5.74) is -1.34. The Balaban J connectivity index is 2.07. The van der Waals surface area contributed by atoms with Gasteiger partial charge in [-0.3, -0.25) is 4.79 Å². The van der Waals surface area contributed by atoms with Crippen LogP contribution in [-0.2, 0) is 9.53 Å². The van der Waals surface area contributed by atoms with Crippen molar-refractivity contribution in [1.82, 2.24) is 0 Å². The number of aliphatic hydroxyl groups is 1. The van der Waals surface area contributed by atoms with Crippen molar-refractivity contribution in [3.8, 4) is 0 Å². The molecule has 0 aromatic heterocycles. The van der Waals surface area contributed by atoms with E-state index < -0.39 is 5.60 Å². The van der Waals surface area contributed by atoms with Gasteiger partial charge in [0.05, 0.1) is 6.10 Å². The van der Waals surface area contributed by atoms with Crippen LogP contribution in [0.5, 0.6) is 0 Å². The molecule has 0 spiro atoms. The van der Waals surface area contributed by atoms with Gasteiger partial charge < -0.3 is 9.84 Å². The van der Waals surface area contributed by atoms with Crippen LogP contribution in [0.25, 0.3) is 0 Å². The van der Waals surface area contributed by atoms with Crippen molar-refractivity contribution in [2.45, 2.75) is 56.7 Å². The van der Waals surface area contributed by atoms with Gasteiger partial charge in [0.25, 0.3) is 0 Å². The van der Waals surface area contributed by atoms with Crippen LogP contribution in [0.3, 0.4) is 0 Å². The van der Waals surface area contributed by atoms with Crippen molar-refractivity contribution in [1.29, 1.82) is 0 Å². The van der Waals surface area contributed by atoms with Gasteiger partial charge in [-0.1, -0.05) is 12.8 Å². The van der Waals surface area contributed by atoms with Crippen LogP contribution < -0.4 is 0 Å². The summed E-state index contributed by atoms with van der Waals surface area (Å²) in [5.74, 6) is 0.0677. The first-order valence-corrected chi connectivity index (χ1v) is 6.00. The molecule has 2 rings (SSSR count). The fourth-order valence-electron chi connectivity index (χ4n) is 2.87. The average Bonchev–Trinajstić information content (AvgIpc) is 2.83. The number of hydrogen-bond donors (Lipinski definition) is 1. The molecule has 0 amide bonds. The molecular formula is C12H19O3. The summed E-state index contributed by atoms with van der Waals surface area (Å²) in [7, 11) is 0. The molecule has 1 aliphatic heterocycles.